The van der Waals surface area contributed by atoms with Gasteiger partial charge >= 0.3 is 0 Å². The Morgan fingerprint density at radius 1 is 0.674 bits per heavy atom. The molecule has 0 atom stereocenters. The molecule has 2 spiro atoms. The number of fused-ring (bicyclic) bond motifs is 8. The maximum atomic E-state index is 14.8. The molecule has 0 bridgehead atoms. The number of rotatable bonds is 4. The predicted molar refractivity (Wildman–Crippen MR) is 183 cm³/mol. The van der Waals surface area contributed by atoms with E-state index in [4.69, 9.17) is 9.97 Å². The average Bonchev–Trinajstić information content (AvgIpc) is 3.74. The Hall–Kier alpha value is -4.23. The van der Waals surface area contributed by atoms with E-state index in [2.05, 4.69) is 41.4 Å². The van der Waals surface area contributed by atoms with Crippen LogP contribution in [0, 0.1) is 0 Å². The molecule has 3 aromatic carbocycles. The van der Waals surface area contributed by atoms with Crippen LogP contribution in [0.5, 0.6) is 0 Å². The van der Waals surface area contributed by atoms with E-state index >= 15 is 0 Å². The Balaban J connectivity index is 1.18. The molecule has 4 aliphatic carbocycles. The summed E-state index contributed by atoms with van der Waals surface area (Å²) in [6, 6.07) is 26.8. The summed E-state index contributed by atoms with van der Waals surface area (Å²) in [6.45, 7) is 0. The number of thioether (sulfide) groups is 1. The van der Waals surface area contributed by atoms with E-state index in [0.29, 0.717) is 16.7 Å². The monoisotopic (exact) mass is 624 g/mol. The molecule has 1 N–H and O–H groups in total. The molecule has 0 saturated heterocycles. The average molecular weight is 625 g/mol. The van der Waals surface area contributed by atoms with E-state index in [1.807, 2.05) is 42.5 Å². The summed E-state index contributed by atoms with van der Waals surface area (Å²) in [5.41, 5.74) is 8.58. The van der Waals surface area contributed by atoms with Gasteiger partial charge in [0.05, 0.1) is 34.0 Å². The molecular formula is C39H36N4O2S. The highest BCUT2D eigenvalue weighted by Crippen LogP contribution is 2.51. The van der Waals surface area contributed by atoms with Crippen LogP contribution < -0.4 is 11.1 Å². The minimum atomic E-state index is -0.178. The van der Waals surface area contributed by atoms with Crippen LogP contribution in [-0.2, 0) is 29.4 Å². The summed E-state index contributed by atoms with van der Waals surface area (Å²) in [6.07, 6.45) is 10.4. The molecule has 2 fully saturated rings. The largest absolute Gasteiger partial charge is 0.310 e. The van der Waals surface area contributed by atoms with Crippen LogP contribution in [0.25, 0.3) is 28.2 Å². The van der Waals surface area contributed by atoms with Crippen molar-refractivity contribution in [3.63, 3.8) is 0 Å². The third-order valence-corrected chi connectivity index (χ3v) is 12.1. The lowest BCUT2D eigenvalue weighted by Crippen LogP contribution is -2.40. The molecule has 7 heteroatoms. The first-order valence-electron chi connectivity index (χ1n) is 16.7. The second-order valence-electron chi connectivity index (χ2n) is 13.8. The quantitative estimate of drug-likeness (QED) is 0.164. The van der Waals surface area contributed by atoms with E-state index in [0.717, 1.165) is 104 Å². The van der Waals surface area contributed by atoms with Crippen molar-refractivity contribution < 1.29 is 0 Å². The summed E-state index contributed by atoms with van der Waals surface area (Å²) in [5, 5.41) is 0.618. The van der Waals surface area contributed by atoms with Crippen LogP contribution in [0.4, 0.5) is 0 Å². The van der Waals surface area contributed by atoms with E-state index in [1.54, 1.807) is 4.57 Å². The third kappa shape index (κ3) is 4.24. The molecule has 5 aromatic rings. The molecule has 0 unspecified atom stereocenters. The molecule has 4 aliphatic rings. The number of nitrogens with one attached hydrogen (secondary N) is 1. The van der Waals surface area contributed by atoms with E-state index in [1.165, 1.54) is 22.9 Å². The van der Waals surface area contributed by atoms with E-state index in [-0.39, 0.29) is 21.9 Å². The number of hydrogen-bond acceptors (Lipinski definition) is 5. The number of nitrogens with zero attached hydrogens (tertiary/aromatic N) is 3. The zero-order valence-electron chi connectivity index (χ0n) is 25.9. The summed E-state index contributed by atoms with van der Waals surface area (Å²) >= 11 is 1.47. The maximum Gasteiger partial charge on any atom is 0.263 e. The highest BCUT2D eigenvalue weighted by atomic mass is 32.2. The minimum absolute atomic E-state index is 0.0204. The number of H-pyrrole nitrogens is 1. The fourth-order valence-corrected chi connectivity index (χ4v) is 10.0. The Labute approximate surface area is 272 Å². The topological polar surface area (TPSA) is 80.6 Å². The van der Waals surface area contributed by atoms with E-state index < -0.39 is 0 Å². The predicted octanol–water partition coefficient (Wildman–Crippen LogP) is 7.68. The Bertz CT molecular complexity index is 2120. The first kappa shape index (κ1) is 28.0. The van der Waals surface area contributed by atoms with Gasteiger partial charge in [0.1, 0.15) is 5.82 Å². The summed E-state index contributed by atoms with van der Waals surface area (Å²) in [4.78, 5) is 42.4. The number of benzene rings is 3. The first-order valence-corrected chi connectivity index (χ1v) is 17.7. The molecule has 230 valence electrons. The van der Waals surface area contributed by atoms with Gasteiger partial charge in [0.2, 0.25) is 0 Å². The molecule has 2 saturated carbocycles. The van der Waals surface area contributed by atoms with Gasteiger partial charge in [-0.2, -0.15) is 0 Å². The second kappa shape index (κ2) is 10.7. The van der Waals surface area contributed by atoms with Crippen molar-refractivity contribution in [2.75, 3.05) is 0 Å². The Morgan fingerprint density at radius 3 is 1.85 bits per heavy atom. The zero-order valence-corrected chi connectivity index (χ0v) is 26.7. The molecule has 2 heterocycles. The van der Waals surface area contributed by atoms with Crippen molar-refractivity contribution >= 4 is 11.8 Å². The van der Waals surface area contributed by atoms with Gasteiger partial charge in [-0.15, -0.1) is 0 Å². The van der Waals surface area contributed by atoms with Crippen LogP contribution in [0.2, 0.25) is 0 Å². The van der Waals surface area contributed by atoms with Gasteiger partial charge in [-0.05, 0) is 61.8 Å². The van der Waals surface area contributed by atoms with Gasteiger partial charge in [0, 0.05) is 22.0 Å². The Kier molecular flexibility index (Phi) is 6.50. The lowest BCUT2D eigenvalue weighted by molar-refractivity contribution is 0.422. The number of aromatic amines is 1. The molecule has 0 amide bonds. The first-order chi connectivity index (χ1) is 22.6. The van der Waals surface area contributed by atoms with Crippen molar-refractivity contribution in [3.8, 4) is 28.2 Å². The van der Waals surface area contributed by atoms with Crippen LogP contribution in [-0.4, -0.2) is 19.5 Å². The van der Waals surface area contributed by atoms with E-state index in [9.17, 15) is 9.59 Å². The highest BCUT2D eigenvalue weighted by molar-refractivity contribution is 7.98. The van der Waals surface area contributed by atoms with Crippen LogP contribution in [0.1, 0.15) is 79.4 Å². The second-order valence-corrected chi connectivity index (χ2v) is 14.7. The maximum absolute atomic E-state index is 14.8. The fraction of sp³-hybridized carbons (Fsp3) is 0.333. The standard InChI is InChI=1S/C39H36N4O2S/c44-35-31-33(28-16-6-4-12-25(28)22-38(31)18-8-9-19-38)40-30(41-35)24-46-37-42-34-29-17-7-5-13-26(29)23-39(20-10-11-21-39)32(34)36(45)43(37)27-14-2-1-3-15-27/h1-7,12-17H,8-11,18-24H2,(H,40,41,44). The van der Waals surface area contributed by atoms with Crippen molar-refractivity contribution in [2.45, 2.75) is 85.9 Å². The van der Waals surface area contributed by atoms with Crippen molar-refractivity contribution in [1.82, 2.24) is 19.5 Å². The normalized spacial score (nSPS) is 18.3. The minimum Gasteiger partial charge on any atom is -0.310 e. The van der Waals surface area contributed by atoms with Gasteiger partial charge in [0.25, 0.3) is 11.1 Å². The lowest BCUT2D eigenvalue weighted by Gasteiger charge is -2.36. The highest BCUT2D eigenvalue weighted by Gasteiger charge is 2.46. The van der Waals surface area contributed by atoms with Crippen molar-refractivity contribution in [2.24, 2.45) is 0 Å². The molecule has 0 aliphatic heterocycles. The molecule has 2 aromatic heterocycles. The zero-order chi connectivity index (χ0) is 30.9. The summed E-state index contributed by atoms with van der Waals surface area (Å²) in [7, 11) is 0. The summed E-state index contributed by atoms with van der Waals surface area (Å²) in [5.74, 6) is 1.00. The number of para-hydroxylation sites is 1. The van der Waals surface area contributed by atoms with Gasteiger partial charge in [0.15, 0.2) is 5.16 Å². The van der Waals surface area contributed by atoms with Gasteiger partial charge in [-0.25, -0.2) is 9.97 Å². The lowest BCUT2D eigenvalue weighted by atomic mass is 9.68. The van der Waals surface area contributed by atoms with Gasteiger partial charge in [-0.3, -0.25) is 14.2 Å². The SMILES string of the molecule is O=c1[nH]c(CSc2nc3c(c(=O)n2-c2ccccc2)C2(CCCC2)Cc2ccccc2-3)nc2c1C1(CCCC1)Cc1ccccc1-2. The molecule has 46 heavy (non-hydrogen) atoms. The Morgan fingerprint density at radius 2 is 1.22 bits per heavy atom. The molecule has 0 radical (unpaired) electrons. The smallest absolute Gasteiger partial charge is 0.263 e. The van der Waals surface area contributed by atoms with Gasteiger partial charge in [-0.1, -0.05) is 104 Å². The molecule has 9 rings (SSSR count). The number of aromatic nitrogens is 4. The molecular weight excluding hydrogens is 589 g/mol. The fourth-order valence-electron chi connectivity index (χ4n) is 9.16. The van der Waals surface area contributed by atoms with Gasteiger partial charge < -0.3 is 4.98 Å². The third-order valence-electron chi connectivity index (χ3n) is 11.2. The van der Waals surface area contributed by atoms with Crippen molar-refractivity contribution in [1.29, 1.82) is 0 Å². The van der Waals surface area contributed by atoms with Crippen LogP contribution in [0.3, 0.4) is 0 Å². The van der Waals surface area contributed by atoms with Crippen LogP contribution >= 0.6 is 11.8 Å². The molecule has 6 nitrogen and oxygen atoms in total. The van der Waals surface area contributed by atoms with Crippen molar-refractivity contribution in [3.05, 3.63) is 128 Å². The number of hydrogen-bond donors (Lipinski definition) is 1. The van der Waals surface area contributed by atoms with Crippen LogP contribution in [0.15, 0.2) is 93.6 Å². The summed E-state index contributed by atoms with van der Waals surface area (Å²) < 4.78 is 1.80.